The third kappa shape index (κ3) is 2.68. The van der Waals surface area contributed by atoms with E-state index < -0.39 is 5.82 Å². The van der Waals surface area contributed by atoms with E-state index in [-0.39, 0.29) is 17.6 Å². The van der Waals surface area contributed by atoms with Crippen molar-refractivity contribution in [3.05, 3.63) is 41.2 Å². The van der Waals surface area contributed by atoms with Gasteiger partial charge in [-0.05, 0) is 36.6 Å². The summed E-state index contributed by atoms with van der Waals surface area (Å²) in [4.78, 5) is 13.9. The fourth-order valence-corrected chi connectivity index (χ4v) is 2.35. The Balaban J connectivity index is 2.26. The molecule has 1 heterocycles. The molecule has 19 heavy (non-hydrogen) atoms. The van der Waals surface area contributed by atoms with Crippen molar-refractivity contribution in [2.45, 2.75) is 19.4 Å². The minimum absolute atomic E-state index is 0.0522. The van der Waals surface area contributed by atoms with E-state index in [0.29, 0.717) is 13.1 Å². The van der Waals surface area contributed by atoms with Crippen molar-refractivity contribution in [1.29, 1.82) is 0 Å². The average molecular weight is 263 g/mol. The summed E-state index contributed by atoms with van der Waals surface area (Å²) in [5.74, 6) is -0.755. The summed E-state index contributed by atoms with van der Waals surface area (Å²) in [7, 11) is 1.63. The quantitative estimate of drug-likeness (QED) is 0.839. The third-order valence-electron chi connectivity index (χ3n) is 3.57. The molecular formula is C15H18FNO2. The van der Waals surface area contributed by atoms with Crippen LogP contribution in [-0.4, -0.2) is 37.1 Å². The molecule has 1 fully saturated rings. The number of nitrogens with zero attached hydrogens (tertiary/aromatic N) is 1. The number of benzene rings is 1. The van der Waals surface area contributed by atoms with E-state index in [1.807, 2.05) is 0 Å². The van der Waals surface area contributed by atoms with E-state index in [0.717, 1.165) is 17.5 Å². The van der Waals surface area contributed by atoms with Crippen LogP contribution in [0.1, 0.15) is 27.9 Å². The molecule has 1 aromatic rings. The summed E-state index contributed by atoms with van der Waals surface area (Å²) in [5, 5.41) is 0. The van der Waals surface area contributed by atoms with Gasteiger partial charge >= 0.3 is 0 Å². The van der Waals surface area contributed by atoms with E-state index in [2.05, 4.69) is 6.58 Å². The molecule has 1 amide bonds. The maximum Gasteiger partial charge on any atom is 0.256 e. The van der Waals surface area contributed by atoms with Gasteiger partial charge in [-0.2, -0.15) is 0 Å². The lowest BCUT2D eigenvalue weighted by molar-refractivity contribution is 0.0720. The second-order valence-corrected chi connectivity index (χ2v) is 4.79. The van der Waals surface area contributed by atoms with Crippen LogP contribution in [-0.2, 0) is 4.74 Å². The van der Waals surface area contributed by atoms with E-state index >= 15 is 0 Å². The van der Waals surface area contributed by atoms with Crippen LogP contribution >= 0.6 is 0 Å². The molecule has 0 N–H and O–H groups in total. The largest absolute Gasteiger partial charge is 0.380 e. The highest BCUT2D eigenvalue weighted by atomic mass is 19.1. The first-order valence-electron chi connectivity index (χ1n) is 6.31. The number of aryl methyl sites for hydroxylation is 1. The Labute approximate surface area is 112 Å². The van der Waals surface area contributed by atoms with Crippen molar-refractivity contribution in [2.75, 3.05) is 20.2 Å². The highest BCUT2D eigenvalue weighted by Crippen LogP contribution is 2.21. The molecule has 1 saturated heterocycles. The van der Waals surface area contributed by atoms with Gasteiger partial charge in [0.05, 0.1) is 11.7 Å². The molecule has 2 rings (SSSR count). The standard InChI is InChI=1S/C15H18FNO2/c1-4-11-8-13(14(16)7-10(11)2)15(18)17-6-5-12(9-17)19-3/h4,7-8,12H,1,5-6,9H2,2-3H3/t12-/m1/s1. The molecule has 0 radical (unpaired) electrons. The molecule has 0 aromatic heterocycles. The SMILES string of the molecule is C=Cc1cc(C(=O)N2CC[C@@H](OC)C2)c(F)cc1C. The first-order chi connectivity index (χ1) is 9.06. The van der Waals surface area contributed by atoms with Gasteiger partial charge in [-0.3, -0.25) is 4.79 Å². The number of methoxy groups -OCH3 is 1. The summed E-state index contributed by atoms with van der Waals surface area (Å²) >= 11 is 0. The van der Waals surface area contributed by atoms with E-state index in [1.54, 1.807) is 31.1 Å². The van der Waals surface area contributed by atoms with Crippen molar-refractivity contribution in [1.82, 2.24) is 4.90 Å². The van der Waals surface area contributed by atoms with Gasteiger partial charge in [0, 0.05) is 20.2 Å². The minimum Gasteiger partial charge on any atom is -0.380 e. The monoisotopic (exact) mass is 263 g/mol. The Kier molecular flexibility index (Phi) is 4.00. The van der Waals surface area contributed by atoms with Gasteiger partial charge in [0.15, 0.2) is 0 Å². The predicted octanol–water partition coefficient (Wildman–Crippen LogP) is 2.64. The van der Waals surface area contributed by atoms with Gasteiger partial charge in [0.25, 0.3) is 5.91 Å². The molecule has 1 aliphatic rings. The highest BCUT2D eigenvalue weighted by Gasteiger charge is 2.28. The molecule has 3 nitrogen and oxygen atoms in total. The fraction of sp³-hybridized carbons (Fsp3) is 0.400. The van der Waals surface area contributed by atoms with E-state index in [1.165, 1.54) is 6.07 Å². The molecular weight excluding hydrogens is 245 g/mol. The number of carbonyl (C=O) groups is 1. The van der Waals surface area contributed by atoms with Crippen molar-refractivity contribution < 1.29 is 13.9 Å². The van der Waals surface area contributed by atoms with Crippen LogP contribution in [0.25, 0.3) is 6.08 Å². The molecule has 0 unspecified atom stereocenters. The maximum absolute atomic E-state index is 13.9. The van der Waals surface area contributed by atoms with Crippen molar-refractivity contribution >= 4 is 12.0 Å². The Hall–Kier alpha value is -1.68. The van der Waals surface area contributed by atoms with Gasteiger partial charge in [-0.25, -0.2) is 4.39 Å². The van der Waals surface area contributed by atoms with Gasteiger partial charge < -0.3 is 9.64 Å². The summed E-state index contributed by atoms with van der Waals surface area (Å²) in [5.41, 5.74) is 1.67. The number of carbonyl (C=O) groups excluding carboxylic acids is 1. The molecule has 1 atom stereocenters. The zero-order valence-corrected chi connectivity index (χ0v) is 11.3. The Morgan fingerprint density at radius 2 is 2.32 bits per heavy atom. The summed E-state index contributed by atoms with van der Waals surface area (Å²) in [6.45, 7) is 6.60. The fourth-order valence-electron chi connectivity index (χ4n) is 2.35. The second-order valence-electron chi connectivity index (χ2n) is 4.79. The smallest absolute Gasteiger partial charge is 0.256 e. The molecule has 1 aromatic carbocycles. The molecule has 0 bridgehead atoms. The van der Waals surface area contributed by atoms with Crippen LogP contribution in [0, 0.1) is 12.7 Å². The third-order valence-corrected chi connectivity index (χ3v) is 3.57. The van der Waals surface area contributed by atoms with Crippen molar-refractivity contribution in [3.8, 4) is 0 Å². The number of rotatable bonds is 3. The number of hydrogen-bond donors (Lipinski definition) is 0. The average Bonchev–Trinajstić information content (AvgIpc) is 2.87. The number of ether oxygens (including phenoxy) is 1. The summed E-state index contributed by atoms with van der Waals surface area (Å²) < 4.78 is 19.2. The lowest BCUT2D eigenvalue weighted by atomic mass is 10.0. The minimum atomic E-state index is -0.478. The Morgan fingerprint density at radius 3 is 2.89 bits per heavy atom. The van der Waals surface area contributed by atoms with Crippen LogP contribution < -0.4 is 0 Å². The first-order valence-corrected chi connectivity index (χ1v) is 6.31. The lowest BCUT2D eigenvalue weighted by Crippen LogP contribution is -2.30. The van der Waals surface area contributed by atoms with Gasteiger partial charge in [0.1, 0.15) is 5.82 Å². The topological polar surface area (TPSA) is 29.5 Å². The number of hydrogen-bond acceptors (Lipinski definition) is 2. The molecule has 0 aliphatic carbocycles. The van der Waals surface area contributed by atoms with E-state index in [9.17, 15) is 9.18 Å². The zero-order valence-electron chi connectivity index (χ0n) is 11.3. The molecule has 1 aliphatic heterocycles. The first kappa shape index (κ1) is 13.7. The van der Waals surface area contributed by atoms with Gasteiger partial charge in [-0.15, -0.1) is 0 Å². The summed E-state index contributed by atoms with van der Waals surface area (Å²) in [6.07, 6.45) is 2.48. The number of likely N-dealkylation sites (tertiary alicyclic amines) is 1. The van der Waals surface area contributed by atoms with Crippen LogP contribution in [0.4, 0.5) is 4.39 Å². The van der Waals surface area contributed by atoms with Crippen LogP contribution in [0.2, 0.25) is 0 Å². The van der Waals surface area contributed by atoms with Gasteiger partial charge in [-0.1, -0.05) is 12.7 Å². The molecule has 102 valence electrons. The van der Waals surface area contributed by atoms with Crippen molar-refractivity contribution in [2.24, 2.45) is 0 Å². The molecule has 0 saturated carbocycles. The Morgan fingerprint density at radius 1 is 1.58 bits per heavy atom. The highest BCUT2D eigenvalue weighted by molar-refractivity contribution is 5.95. The van der Waals surface area contributed by atoms with Crippen LogP contribution in [0.5, 0.6) is 0 Å². The maximum atomic E-state index is 13.9. The van der Waals surface area contributed by atoms with Gasteiger partial charge in [0.2, 0.25) is 0 Å². The van der Waals surface area contributed by atoms with E-state index in [4.69, 9.17) is 4.74 Å². The zero-order chi connectivity index (χ0) is 14.0. The normalized spacial score (nSPS) is 18.7. The summed E-state index contributed by atoms with van der Waals surface area (Å²) in [6, 6.07) is 2.95. The van der Waals surface area contributed by atoms with Crippen LogP contribution in [0.3, 0.4) is 0 Å². The second kappa shape index (κ2) is 5.53. The predicted molar refractivity (Wildman–Crippen MR) is 72.5 cm³/mol. The number of halogens is 1. The van der Waals surface area contributed by atoms with Crippen LogP contribution in [0.15, 0.2) is 18.7 Å². The lowest BCUT2D eigenvalue weighted by Gasteiger charge is -2.17. The number of amides is 1. The molecule has 4 heteroatoms. The Bertz CT molecular complexity index is 513. The molecule has 0 spiro atoms. The van der Waals surface area contributed by atoms with Crippen molar-refractivity contribution in [3.63, 3.8) is 0 Å².